The molecule has 4 aromatic carbocycles. The van der Waals surface area contributed by atoms with Crippen molar-refractivity contribution in [3.8, 4) is 0 Å². The van der Waals surface area contributed by atoms with Crippen LogP contribution < -0.4 is 0 Å². The molecule has 0 aliphatic rings. The van der Waals surface area contributed by atoms with Crippen LogP contribution in [0.1, 0.15) is 45.6 Å². The van der Waals surface area contributed by atoms with Gasteiger partial charge in [0.1, 0.15) is 12.2 Å². The zero-order chi connectivity index (χ0) is 29.9. The molecule has 0 fully saturated rings. The fourth-order valence-corrected chi connectivity index (χ4v) is 7.72. The van der Waals surface area contributed by atoms with Crippen molar-refractivity contribution < 1.29 is 10.2 Å². The first kappa shape index (κ1) is 33.3. The van der Waals surface area contributed by atoms with Crippen LogP contribution in [0.25, 0.3) is 0 Å². The number of rotatable bonds is 15. The van der Waals surface area contributed by atoms with E-state index in [0.717, 1.165) is 80.0 Å². The number of aliphatic hydroxyl groups excluding tert-OH is 2. The van der Waals surface area contributed by atoms with E-state index in [4.69, 9.17) is 0 Å². The summed E-state index contributed by atoms with van der Waals surface area (Å²) < 4.78 is 1.94. The van der Waals surface area contributed by atoms with Crippen molar-refractivity contribution in [3.63, 3.8) is 0 Å². The van der Waals surface area contributed by atoms with E-state index in [1.54, 1.807) is 0 Å². The Hall–Kier alpha value is -1.62. The fraction of sp³-hybridized carbons (Fsp3) is 0.294. The Labute approximate surface area is 275 Å². The molecule has 0 saturated heterocycles. The average Bonchev–Trinajstić information content (AvgIpc) is 3.00. The van der Waals surface area contributed by atoms with Gasteiger partial charge in [0.2, 0.25) is 0 Å². The van der Waals surface area contributed by atoms with Gasteiger partial charge in [0, 0.05) is 46.6 Å². The molecule has 222 valence electrons. The minimum atomic E-state index is -0.649. The van der Waals surface area contributed by atoms with E-state index in [-0.39, 0.29) is 0 Å². The Morgan fingerprint density at radius 2 is 0.976 bits per heavy atom. The van der Waals surface area contributed by atoms with Gasteiger partial charge in [-0.05, 0) is 71.7 Å². The van der Waals surface area contributed by atoms with Crippen molar-refractivity contribution in [2.24, 2.45) is 0 Å². The summed E-state index contributed by atoms with van der Waals surface area (Å²) >= 11 is 7.15. The number of benzene rings is 4. The third kappa shape index (κ3) is 9.96. The highest BCUT2D eigenvalue weighted by Crippen LogP contribution is 2.30. The first-order chi connectivity index (χ1) is 20.3. The number of hydrogen-bond donors (Lipinski definition) is 2. The van der Waals surface area contributed by atoms with E-state index in [1.165, 1.54) is 0 Å². The third-order valence-electron chi connectivity index (χ3n) is 7.11. The lowest BCUT2D eigenvalue weighted by Gasteiger charge is -2.22. The molecule has 8 heteroatoms. The lowest BCUT2D eigenvalue weighted by Crippen LogP contribution is -2.22. The van der Waals surface area contributed by atoms with Crippen molar-refractivity contribution in [3.05, 3.63) is 139 Å². The molecule has 0 amide bonds. The maximum absolute atomic E-state index is 11.1. The van der Waals surface area contributed by atoms with Gasteiger partial charge in [-0.3, -0.25) is 0 Å². The molecule has 4 aromatic rings. The van der Waals surface area contributed by atoms with Crippen LogP contribution in [0, 0.1) is 0 Å². The molecule has 2 atom stereocenters. The standard InChI is InChI=1S/C34H38Br2N2O2S2/c1-37(23-27-13-15-29(35)21-31(27)33(39)25-9-5-3-6-10-25)17-19-41-42-20-18-38(2)24-28-14-16-30(36)22-32(28)34(40)26-11-7-4-8-12-26/h3-16,21-22,33-34,39-40H,17-20,23-24H2,1-2H3. The molecular weight excluding hydrogens is 692 g/mol. The molecule has 0 aromatic heterocycles. The number of halogens is 2. The zero-order valence-electron chi connectivity index (χ0n) is 24.0. The topological polar surface area (TPSA) is 46.9 Å². The van der Waals surface area contributed by atoms with Crippen LogP contribution in [0.2, 0.25) is 0 Å². The van der Waals surface area contributed by atoms with E-state index in [2.05, 4.69) is 67.9 Å². The quantitative estimate of drug-likeness (QED) is 0.0949. The molecule has 0 aliphatic carbocycles. The molecule has 2 unspecified atom stereocenters. The second-order valence-corrected chi connectivity index (χ2v) is 15.0. The summed E-state index contributed by atoms with van der Waals surface area (Å²) in [7, 11) is 8.08. The minimum absolute atomic E-state index is 0.649. The third-order valence-corrected chi connectivity index (χ3v) is 10.5. The van der Waals surface area contributed by atoms with Gasteiger partial charge in [-0.25, -0.2) is 0 Å². The van der Waals surface area contributed by atoms with E-state index in [0.29, 0.717) is 0 Å². The highest BCUT2D eigenvalue weighted by molar-refractivity contribution is 9.10. The van der Waals surface area contributed by atoms with Gasteiger partial charge in [-0.15, -0.1) is 0 Å². The van der Waals surface area contributed by atoms with Gasteiger partial charge in [-0.2, -0.15) is 0 Å². The Morgan fingerprint density at radius 3 is 1.36 bits per heavy atom. The minimum Gasteiger partial charge on any atom is -0.384 e. The number of nitrogens with zero attached hydrogens (tertiary/aromatic N) is 2. The zero-order valence-corrected chi connectivity index (χ0v) is 28.8. The van der Waals surface area contributed by atoms with Gasteiger partial charge in [-0.1, -0.05) is 126 Å². The smallest absolute Gasteiger partial charge is 0.104 e. The van der Waals surface area contributed by atoms with Gasteiger partial charge < -0.3 is 20.0 Å². The summed E-state index contributed by atoms with van der Waals surface area (Å²) in [6.45, 7) is 3.49. The van der Waals surface area contributed by atoms with Crippen LogP contribution in [0.4, 0.5) is 0 Å². The first-order valence-corrected chi connectivity index (χ1v) is 18.0. The van der Waals surface area contributed by atoms with Crippen LogP contribution in [-0.4, -0.2) is 58.7 Å². The molecule has 0 saturated carbocycles. The molecule has 4 nitrogen and oxygen atoms in total. The maximum Gasteiger partial charge on any atom is 0.104 e. The predicted octanol–water partition coefficient (Wildman–Crippen LogP) is 8.32. The number of hydrogen-bond acceptors (Lipinski definition) is 6. The van der Waals surface area contributed by atoms with Crippen molar-refractivity contribution in [2.75, 3.05) is 38.7 Å². The fourth-order valence-electron chi connectivity index (χ4n) is 4.80. The summed E-state index contributed by atoms with van der Waals surface area (Å²) in [6, 6.07) is 32.0. The summed E-state index contributed by atoms with van der Waals surface area (Å²) in [6.07, 6.45) is -1.30. The van der Waals surface area contributed by atoms with Crippen LogP contribution >= 0.6 is 53.4 Å². The Kier molecular flexibility index (Phi) is 13.5. The molecular formula is C34H38Br2N2O2S2. The van der Waals surface area contributed by atoms with Gasteiger partial charge in [0.25, 0.3) is 0 Å². The lowest BCUT2D eigenvalue weighted by molar-refractivity contribution is 0.216. The predicted molar refractivity (Wildman–Crippen MR) is 187 cm³/mol. The Balaban J connectivity index is 1.21. The van der Waals surface area contributed by atoms with E-state index >= 15 is 0 Å². The largest absolute Gasteiger partial charge is 0.384 e. The molecule has 0 spiro atoms. The van der Waals surface area contributed by atoms with Crippen LogP contribution in [0.3, 0.4) is 0 Å². The van der Waals surface area contributed by atoms with Crippen LogP contribution in [0.15, 0.2) is 106 Å². The van der Waals surface area contributed by atoms with Crippen LogP contribution in [-0.2, 0) is 13.1 Å². The molecule has 0 bridgehead atoms. The summed E-state index contributed by atoms with van der Waals surface area (Å²) in [5, 5.41) is 22.1. The molecule has 4 rings (SSSR count). The number of aliphatic hydroxyl groups is 2. The molecule has 0 aliphatic heterocycles. The second-order valence-electron chi connectivity index (χ2n) is 10.4. The van der Waals surface area contributed by atoms with Crippen molar-refractivity contribution in [1.29, 1.82) is 0 Å². The van der Waals surface area contributed by atoms with Gasteiger partial charge >= 0.3 is 0 Å². The summed E-state index contributed by atoms with van der Waals surface area (Å²) in [4.78, 5) is 4.63. The van der Waals surface area contributed by atoms with E-state index < -0.39 is 12.2 Å². The van der Waals surface area contributed by atoms with Crippen molar-refractivity contribution >= 4 is 53.4 Å². The Morgan fingerprint density at radius 1 is 0.595 bits per heavy atom. The van der Waals surface area contributed by atoms with Gasteiger partial charge in [0.05, 0.1) is 0 Å². The van der Waals surface area contributed by atoms with Crippen molar-refractivity contribution in [2.45, 2.75) is 25.3 Å². The lowest BCUT2D eigenvalue weighted by atomic mass is 9.96. The first-order valence-electron chi connectivity index (χ1n) is 14.0. The van der Waals surface area contributed by atoms with E-state index in [1.807, 2.05) is 107 Å². The second kappa shape index (κ2) is 17.0. The van der Waals surface area contributed by atoms with E-state index in [9.17, 15) is 10.2 Å². The van der Waals surface area contributed by atoms with Crippen molar-refractivity contribution in [1.82, 2.24) is 9.80 Å². The monoisotopic (exact) mass is 728 g/mol. The van der Waals surface area contributed by atoms with Gasteiger partial charge in [0.15, 0.2) is 0 Å². The maximum atomic E-state index is 11.1. The Bertz CT molecular complexity index is 1290. The normalized spacial score (nSPS) is 13.0. The summed E-state index contributed by atoms with van der Waals surface area (Å²) in [5.41, 5.74) is 5.97. The molecule has 0 radical (unpaired) electrons. The molecule has 42 heavy (non-hydrogen) atoms. The SMILES string of the molecule is CN(CCSSCCN(C)Cc1ccc(Br)cc1C(O)c1ccccc1)Cc1ccc(Br)cc1C(O)c1ccccc1. The summed E-state index contributed by atoms with van der Waals surface area (Å²) in [5.74, 6) is 2.05. The highest BCUT2D eigenvalue weighted by atomic mass is 79.9. The molecule has 2 N–H and O–H groups in total. The highest BCUT2D eigenvalue weighted by Gasteiger charge is 2.17. The van der Waals surface area contributed by atoms with Crippen LogP contribution in [0.5, 0.6) is 0 Å². The average molecular weight is 731 g/mol. The molecule has 0 heterocycles.